The van der Waals surface area contributed by atoms with Crippen molar-refractivity contribution in [1.29, 1.82) is 0 Å². The van der Waals surface area contributed by atoms with Gasteiger partial charge in [0.05, 0.1) is 9.40 Å². The van der Waals surface area contributed by atoms with Crippen molar-refractivity contribution in [2.75, 3.05) is 5.32 Å². The summed E-state index contributed by atoms with van der Waals surface area (Å²) in [6, 6.07) is 6.21. The normalized spacial score (nSPS) is 10.3. The minimum absolute atomic E-state index is 0.105. The molecule has 2 rings (SSSR count). The molecule has 0 aliphatic carbocycles. The molecule has 1 N–H and O–H groups in total. The Balaban J connectivity index is 2.02. The molecule has 0 atom stereocenters. The maximum atomic E-state index is 13.2. The number of rotatable bonds is 4. The fraction of sp³-hybridized carbons (Fsp3) is 0.0909. The fourth-order valence-corrected chi connectivity index (χ4v) is 2.34. The predicted octanol–water partition coefficient (Wildman–Crippen LogP) is 4.17. The quantitative estimate of drug-likeness (QED) is 0.676. The zero-order valence-corrected chi connectivity index (χ0v) is 11.4. The van der Waals surface area contributed by atoms with Crippen LogP contribution in [0.15, 0.2) is 34.1 Å². The summed E-state index contributed by atoms with van der Waals surface area (Å²) in [4.78, 5) is 10.1. The highest BCUT2D eigenvalue weighted by molar-refractivity contribution is 9.10. The second-order valence-electron chi connectivity index (χ2n) is 3.53. The molecule has 1 heterocycles. The summed E-state index contributed by atoms with van der Waals surface area (Å²) in [5.74, 6) is -0.351. The van der Waals surface area contributed by atoms with Crippen molar-refractivity contribution in [1.82, 2.24) is 0 Å². The monoisotopic (exact) mass is 330 g/mol. The Kier molecular flexibility index (Phi) is 3.93. The Hall–Kier alpha value is -1.47. The third kappa shape index (κ3) is 3.05. The number of hydrogen-bond donors (Lipinski definition) is 1. The van der Waals surface area contributed by atoms with Crippen LogP contribution in [0.25, 0.3) is 0 Å². The summed E-state index contributed by atoms with van der Waals surface area (Å²) in [7, 11) is 0. The van der Waals surface area contributed by atoms with Crippen LogP contribution < -0.4 is 5.32 Å². The molecule has 18 heavy (non-hydrogen) atoms. The molecule has 0 saturated carbocycles. The van der Waals surface area contributed by atoms with E-state index in [1.54, 1.807) is 17.5 Å². The van der Waals surface area contributed by atoms with Gasteiger partial charge in [-0.1, -0.05) is 11.3 Å². The Bertz CT molecular complexity index is 588. The van der Waals surface area contributed by atoms with Gasteiger partial charge in [-0.15, -0.1) is 0 Å². The van der Waals surface area contributed by atoms with Gasteiger partial charge in [0, 0.05) is 23.7 Å². The van der Waals surface area contributed by atoms with E-state index in [4.69, 9.17) is 0 Å². The number of benzene rings is 1. The Labute approximate surface area is 115 Å². The van der Waals surface area contributed by atoms with Crippen LogP contribution in [-0.4, -0.2) is 4.92 Å². The van der Waals surface area contributed by atoms with Gasteiger partial charge in [0.25, 0.3) is 0 Å². The van der Waals surface area contributed by atoms with Crippen molar-refractivity contribution in [2.24, 2.45) is 0 Å². The highest BCUT2D eigenvalue weighted by atomic mass is 79.9. The van der Waals surface area contributed by atoms with Gasteiger partial charge in [0.15, 0.2) is 0 Å². The number of halogens is 2. The number of nitro groups is 1. The lowest BCUT2D eigenvalue weighted by molar-refractivity contribution is -0.380. The van der Waals surface area contributed by atoms with Gasteiger partial charge in [0.1, 0.15) is 5.82 Å². The molecule has 0 aliphatic heterocycles. The van der Waals surface area contributed by atoms with Gasteiger partial charge in [-0.2, -0.15) is 0 Å². The van der Waals surface area contributed by atoms with Crippen LogP contribution in [0.5, 0.6) is 0 Å². The van der Waals surface area contributed by atoms with E-state index >= 15 is 0 Å². The van der Waals surface area contributed by atoms with Crippen molar-refractivity contribution in [3.63, 3.8) is 0 Å². The molecule has 0 spiro atoms. The van der Waals surface area contributed by atoms with Crippen LogP contribution in [0.4, 0.5) is 15.1 Å². The summed E-state index contributed by atoms with van der Waals surface area (Å²) in [5, 5.41) is 15.3. The maximum Gasteiger partial charge on any atom is 0.324 e. The highest BCUT2D eigenvalue weighted by Crippen LogP contribution is 2.24. The van der Waals surface area contributed by atoms with Crippen molar-refractivity contribution in [3.8, 4) is 0 Å². The van der Waals surface area contributed by atoms with Crippen molar-refractivity contribution in [2.45, 2.75) is 6.54 Å². The van der Waals surface area contributed by atoms with Crippen LogP contribution >= 0.6 is 27.3 Å². The molecule has 1 aromatic heterocycles. The lowest BCUT2D eigenvalue weighted by atomic mass is 10.3. The van der Waals surface area contributed by atoms with Crippen LogP contribution in [0.1, 0.15) is 5.56 Å². The van der Waals surface area contributed by atoms with Crippen LogP contribution in [0, 0.1) is 15.9 Å². The van der Waals surface area contributed by atoms with Crippen LogP contribution in [0.2, 0.25) is 0 Å². The standard InChI is InChI=1S/C11H8BrFN2O2S/c12-9-2-1-8(4-10(9)13)14-5-7-3-11(15(16)17)18-6-7/h1-4,6,14H,5H2. The molecule has 0 aliphatic rings. The number of anilines is 1. The third-order valence-corrected chi connectivity index (χ3v) is 3.81. The fourth-order valence-electron chi connectivity index (χ4n) is 1.36. The number of nitrogens with one attached hydrogen (secondary N) is 1. The van der Waals surface area contributed by atoms with Crippen LogP contribution in [0.3, 0.4) is 0 Å². The number of thiophene rings is 1. The third-order valence-electron chi connectivity index (χ3n) is 2.24. The van der Waals surface area contributed by atoms with Gasteiger partial charge in [-0.05, 0) is 39.7 Å². The van der Waals surface area contributed by atoms with Crippen molar-refractivity contribution < 1.29 is 9.31 Å². The smallest absolute Gasteiger partial charge is 0.324 e. The lowest BCUT2D eigenvalue weighted by Crippen LogP contribution is -1.98. The van der Waals surface area contributed by atoms with Gasteiger partial charge in [-0.25, -0.2) is 4.39 Å². The molecule has 4 nitrogen and oxygen atoms in total. The summed E-state index contributed by atoms with van der Waals surface area (Å²) in [5.41, 5.74) is 1.43. The molecule has 0 fully saturated rings. The van der Waals surface area contributed by atoms with Crippen LogP contribution in [-0.2, 0) is 6.54 Å². The number of hydrogen-bond acceptors (Lipinski definition) is 4. The second kappa shape index (κ2) is 5.45. The molecule has 0 radical (unpaired) electrons. The Morgan fingerprint density at radius 2 is 2.22 bits per heavy atom. The summed E-state index contributed by atoms with van der Waals surface area (Å²) in [6.45, 7) is 0.422. The van der Waals surface area contributed by atoms with E-state index in [1.165, 1.54) is 12.1 Å². The molecule has 0 bridgehead atoms. The van der Waals surface area contributed by atoms with E-state index in [9.17, 15) is 14.5 Å². The zero-order valence-electron chi connectivity index (χ0n) is 9.02. The second-order valence-corrected chi connectivity index (χ2v) is 5.28. The van der Waals surface area contributed by atoms with Gasteiger partial charge < -0.3 is 5.32 Å². The van der Waals surface area contributed by atoms with Crippen molar-refractivity contribution >= 4 is 38.0 Å². The molecule has 7 heteroatoms. The van der Waals surface area contributed by atoms with E-state index in [-0.39, 0.29) is 10.8 Å². The first-order valence-electron chi connectivity index (χ1n) is 4.97. The summed E-state index contributed by atoms with van der Waals surface area (Å²) < 4.78 is 13.6. The zero-order chi connectivity index (χ0) is 13.1. The summed E-state index contributed by atoms with van der Waals surface area (Å²) >= 11 is 4.15. The van der Waals surface area contributed by atoms with Gasteiger partial charge in [0.2, 0.25) is 0 Å². The lowest BCUT2D eigenvalue weighted by Gasteiger charge is -2.05. The largest absolute Gasteiger partial charge is 0.381 e. The number of nitrogens with zero attached hydrogens (tertiary/aromatic N) is 1. The maximum absolute atomic E-state index is 13.2. The molecular formula is C11H8BrFN2O2S. The molecule has 2 aromatic rings. The molecule has 1 aromatic carbocycles. The predicted molar refractivity (Wildman–Crippen MR) is 72.4 cm³/mol. The first kappa shape index (κ1) is 13.0. The first-order valence-corrected chi connectivity index (χ1v) is 6.64. The SMILES string of the molecule is O=[N+]([O-])c1cc(CNc2ccc(Br)c(F)c2)cs1. The molecular weight excluding hydrogens is 323 g/mol. The van der Waals surface area contributed by atoms with E-state index in [0.29, 0.717) is 16.7 Å². The Morgan fingerprint density at radius 1 is 1.44 bits per heavy atom. The molecule has 0 unspecified atom stereocenters. The highest BCUT2D eigenvalue weighted by Gasteiger charge is 2.09. The molecule has 0 amide bonds. The van der Waals surface area contributed by atoms with Gasteiger partial charge in [-0.3, -0.25) is 10.1 Å². The van der Waals surface area contributed by atoms with E-state index in [2.05, 4.69) is 21.2 Å². The average Bonchev–Trinajstić information content (AvgIpc) is 2.79. The minimum atomic E-state index is -0.423. The van der Waals surface area contributed by atoms with E-state index < -0.39 is 4.92 Å². The average molecular weight is 331 g/mol. The molecule has 0 saturated heterocycles. The minimum Gasteiger partial charge on any atom is -0.381 e. The summed E-state index contributed by atoms with van der Waals surface area (Å²) in [6.07, 6.45) is 0. The Morgan fingerprint density at radius 3 is 2.83 bits per heavy atom. The van der Waals surface area contributed by atoms with E-state index in [1.807, 2.05) is 0 Å². The first-order chi connectivity index (χ1) is 8.56. The topological polar surface area (TPSA) is 55.2 Å². The van der Waals surface area contributed by atoms with Gasteiger partial charge >= 0.3 is 5.00 Å². The van der Waals surface area contributed by atoms with E-state index in [0.717, 1.165) is 16.9 Å². The van der Waals surface area contributed by atoms with Crippen molar-refractivity contribution in [3.05, 3.63) is 55.6 Å². The molecule has 94 valence electrons.